The van der Waals surface area contributed by atoms with Crippen LogP contribution >= 0.6 is 11.3 Å². The van der Waals surface area contributed by atoms with Crippen LogP contribution in [0.4, 0.5) is 4.79 Å². The number of thiophene rings is 1. The van der Waals surface area contributed by atoms with Crippen molar-refractivity contribution in [3.63, 3.8) is 0 Å². The van der Waals surface area contributed by atoms with Crippen molar-refractivity contribution in [3.05, 3.63) is 124 Å². The number of hydrogen-bond acceptors (Lipinski definition) is 6. The standard InChI is InChI=1S/C52H59NO5S/c1-33-10-9-24-51(4)44(42-22-16-34(26-40(54)20-15-33)27-43(42)48(55)47-29-37-13-7-8-14-46(37)59-47)23-25-52(51,57)32-53(31-38-17-19-39-30-45(38)50(39,2)3)49(56)58-41-21-18-35-11-5-6-12-36(35)28-41/h5-8,10-14,16,18,21-22,27-29,38-40,44-45,54,57H,9,15,17,19-20,23-26,30-32H2,1-4H3. The van der Waals surface area contributed by atoms with E-state index in [2.05, 4.69) is 58.0 Å². The summed E-state index contributed by atoms with van der Waals surface area (Å²) in [6.07, 6.45) is 9.28. The van der Waals surface area contributed by atoms with Crippen LogP contribution in [0, 0.1) is 28.6 Å². The summed E-state index contributed by atoms with van der Waals surface area (Å²) in [4.78, 5) is 32.0. The number of ether oxygens (including phenoxy) is 1. The van der Waals surface area contributed by atoms with Crippen LogP contribution in [-0.2, 0) is 6.42 Å². The fraction of sp³-hybridized carbons (Fsp3) is 0.462. The van der Waals surface area contributed by atoms with Gasteiger partial charge < -0.3 is 19.8 Å². The predicted molar refractivity (Wildman–Crippen MR) is 238 cm³/mol. The fourth-order valence-electron chi connectivity index (χ4n) is 11.8. The molecule has 4 aromatic carbocycles. The normalized spacial score (nSPS) is 29.0. The maximum Gasteiger partial charge on any atom is 0.415 e. The Balaban J connectivity index is 1.09. The molecule has 0 spiro atoms. The van der Waals surface area contributed by atoms with E-state index in [9.17, 15) is 19.8 Å². The largest absolute Gasteiger partial charge is 0.415 e. The molecule has 7 heteroatoms. The molecule has 7 unspecified atom stereocenters. The smallest absolute Gasteiger partial charge is 0.410 e. The van der Waals surface area contributed by atoms with Crippen molar-refractivity contribution in [2.24, 2.45) is 28.6 Å². The lowest BCUT2D eigenvalue weighted by atomic mass is 9.45. The zero-order valence-electron chi connectivity index (χ0n) is 35.1. The van der Waals surface area contributed by atoms with E-state index in [1.165, 1.54) is 29.8 Å². The monoisotopic (exact) mass is 809 g/mol. The minimum atomic E-state index is -1.25. The number of ketones is 1. The Morgan fingerprint density at radius 3 is 2.42 bits per heavy atom. The molecule has 7 atom stereocenters. The Hall–Kier alpha value is -4.30. The molecule has 308 valence electrons. The number of aliphatic hydroxyl groups excluding tert-OH is 1. The Kier molecular flexibility index (Phi) is 10.6. The van der Waals surface area contributed by atoms with Gasteiger partial charge in [-0.25, -0.2) is 4.79 Å². The number of allylic oxidation sites excluding steroid dienone is 2. The molecule has 4 bridgehead atoms. The van der Waals surface area contributed by atoms with E-state index in [0.717, 1.165) is 57.2 Å². The molecular formula is C52H59NO5S. The summed E-state index contributed by atoms with van der Waals surface area (Å²) in [6.45, 7) is 9.82. The van der Waals surface area contributed by atoms with Crippen molar-refractivity contribution in [3.8, 4) is 5.75 Å². The van der Waals surface area contributed by atoms with Gasteiger partial charge in [-0.1, -0.05) is 93.1 Å². The van der Waals surface area contributed by atoms with Gasteiger partial charge in [0.25, 0.3) is 0 Å². The number of fused-ring (bicyclic) bond motifs is 12. The average molecular weight is 810 g/mol. The maximum absolute atomic E-state index is 14.8. The molecule has 6 aliphatic rings. The molecule has 2 N–H and O–H groups in total. The van der Waals surface area contributed by atoms with Crippen molar-refractivity contribution >= 4 is 44.1 Å². The average Bonchev–Trinajstić information content (AvgIpc) is 3.77. The van der Waals surface area contributed by atoms with Crippen molar-refractivity contribution in [1.29, 1.82) is 0 Å². The number of benzene rings is 4. The van der Waals surface area contributed by atoms with Gasteiger partial charge in [-0.2, -0.15) is 0 Å². The van der Waals surface area contributed by atoms with E-state index >= 15 is 0 Å². The number of amides is 1. The van der Waals surface area contributed by atoms with Gasteiger partial charge in [-0.3, -0.25) is 4.79 Å². The van der Waals surface area contributed by atoms with E-state index in [-0.39, 0.29) is 23.7 Å². The van der Waals surface area contributed by atoms with Crippen LogP contribution in [-0.4, -0.2) is 51.8 Å². The summed E-state index contributed by atoms with van der Waals surface area (Å²) in [5.41, 5.74) is 2.08. The van der Waals surface area contributed by atoms with Crippen LogP contribution in [0.15, 0.2) is 103 Å². The highest BCUT2D eigenvalue weighted by Gasteiger charge is 2.59. The third-order valence-corrected chi connectivity index (χ3v) is 16.8. The number of aliphatic hydroxyl groups is 2. The molecule has 0 aliphatic heterocycles. The summed E-state index contributed by atoms with van der Waals surface area (Å²) in [5, 5.41) is 27.7. The Morgan fingerprint density at radius 1 is 0.864 bits per heavy atom. The Labute approximate surface area is 353 Å². The molecule has 11 rings (SSSR count). The Morgan fingerprint density at radius 2 is 1.64 bits per heavy atom. The molecule has 5 aromatic rings. The first kappa shape index (κ1) is 40.1. The van der Waals surface area contributed by atoms with Crippen molar-refractivity contribution in [2.75, 3.05) is 13.1 Å². The summed E-state index contributed by atoms with van der Waals surface area (Å²) in [7, 11) is 0. The van der Waals surface area contributed by atoms with Gasteiger partial charge in [-0.15, -0.1) is 11.3 Å². The molecule has 1 aromatic heterocycles. The maximum atomic E-state index is 14.8. The summed E-state index contributed by atoms with van der Waals surface area (Å²) < 4.78 is 7.33. The van der Waals surface area contributed by atoms with Crippen molar-refractivity contribution in [2.45, 2.75) is 110 Å². The topological polar surface area (TPSA) is 87.1 Å². The van der Waals surface area contributed by atoms with Crippen LogP contribution in [0.5, 0.6) is 5.75 Å². The molecule has 6 nitrogen and oxygen atoms in total. The van der Waals surface area contributed by atoms with Gasteiger partial charge in [0, 0.05) is 22.2 Å². The van der Waals surface area contributed by atoms with Gasteiger partial charge >= 0.3 is 6.09 Å². The minimum absolute atomic E-state index is 0.0162. The predicted octanol–water partition coefficient (Wildman–Crippen LogP) is 11.9. The van der Waals surface area contributed by atoms with Crippen LogP contribution in [0.2, 0.25) is 0 Å². The number of carbonyl (C=O) groups is 2. The Bertz CT molecular complexity index is 2400. The van der Waals surface area contributed by atoms with Gasteiger partial charge in [0.2, 0.25) is 5.78 Å². The zero-order valence-corrected chi connectivity index (χ0v) is 35.9. The van der Waals surface area contributed by atoms with Gasteiger partial charge in [0.15, 0.2) is 0 Å². The number of carbonyl (C=O) groups excluding carboxylic acids is 2. The first-order valence-corrected chi connectivity index (χ1v) is 22.8. The highest BCUT2D eigenvalue weighted by Crippen LogP contribution is 2.62. The zero-order chi connectivity index (χ0) is 41.1. The van der Waals surface area contributed by atoms with E-state index in [1.54, 1.807) is 0 Å². The number of rotatable bonds is 7. The van der Waals surface area contributed by atoms with E-state index in [1.807, 2.05) is 71.6 Å². The third-order valence-electron chi connectivity index (χ3n) is 15.7. The van der Waals surface area contributed by atoms with Crippen molar-refractivity contribution < 1.29 is 24.5 Å². The summed E-state index contributed by atoms with van der Waals surface area (Å²) >= 11 is 1.52. The first-order valence-electron chi connectivity index (χ1n) is 22.0. The third kappa shape index (κ3) is 7.46. The molecule has 4 fully saturated rings. The number of nitrogens with zero attached hydrogens (tertiary/aromatic N) is 1. The lowest BCUT2D eigenvalue weighted by molar-refractivity contribution is -0.119. The first-order chi connectivity index (χ1) is 28.3. The quantitative estimate of drug-likeness (QED) is 0.126. The second-order valence-corrected chi connectivity index (χ2v) is 20.5. The minimum Gasteiger partial charge on any atom is -0.410 e. The van der Waals surface area contributed by atoms with E-state index in [0.29, 0.717) is 66.7 Å². The van der Waals surface area contributed by atoms with E-state index < -0.39 is 23.2 Å². The molecule has 59 heavy (non-hydrogen) atoms. The number of hydrogen-bond donors (Lipinski definition) is 2. The lowest BCUT2D eigenvalue weighted by Gasteiger charge is -2.60. The second-order valence-electron chi connectivity index (χ2n) is 19.4. The molecule has 4 saturated carbocycles. The molecule has 0 saturated heterocycles. The molecule has 1 amide bonds. The van der Waals surface area contributed by atoms with Crippen LogP contribution in [0.1, 0.15) is 118 Å². The van der Waals surface area contributed by atoms with Crippen LogP contribution < -0.4 is 4.74 Å². The van der Waals surface area contributed by atoms with Gasteiger partial charge in [0.1, 0.15) is 5.75 Å². The van der Waals surface area contributed by atoms with Crippen molar-refractivity contribution in [1.82, 2.24) is 4.90 Å². The van der Waals surface area contributed by atoms with Gasteiger partial charge in [-0.05, 0) is 158 Å². The molecule has 1 heterocycles. The van der Waals surface area contributed by atoms with Crippen LogP contribution in [0.25, 0.3) is 20.9 Å². The van der Waals surface area contributed by atoms with Gasteiger partial charge in [0.05, 0.1) is 23.1 Å². The second kappa shape index (κ2) is 15.6. The highest BCUT2D eigenvalue weighted by molar-refractivity contribution is 7.21. The fourth-order valence-corrected chi connectivity index (χ4v) is 12.8. The summed E-state index contributed by atoms with van der Waals surface area (Å²) in [6, 6.07) is 30.2. The molecule has 0 radical (unpaired) electrons. The molecular weight excluding hydrogens is 751 g/mol. The highest BCUT2D eigenvalue weighted by atomic mass is 32.1. The summed E-state index contributed by atoms with van der Waals surface area (Å²) in [5.74, 6) is 1.94. The van der Waals surface area contributed by atoms with E-state index in [4.69, 9.17) is 4.74 Å². The molecule has 6 aliphatic carbocycles. The van der Waals surface area contributed by atoms with Crippen LogP contribution in [0.3, 0.4) is 0 Å². The lowest BCUT2D eigenvalue weighted by Crippen LogP contribution is -2.58. The SMILES string of the molecule is CC1=CCCC2(C)C(CCC2(O)CN(CC2CCC3CC2C3(C)C)C(=O)Oc2ccc3ccccc3c2)c2ccc(cc2C(=O)c2cc3ccccc3s2)CC(O)CC1.